The molecule has 0 aliphatic heterocycles. The van der Waals surface area contributed by atoms with Gasteiger partial charge < -0.3 is 20.5 Å². The molecule has 5 nitrogen and oxygen atoms in total. The lowest BCUT2D eigenvalue weighted by Gasteiger charge is -2.22. The zero-order valence-electron chi connectivity index (χ0n) is 12.0. The number of rotatable bonds is 5. The van der Waals surface area contributed by atoms with E-state index in [-0.39, 0.29) is 5.56 Å². The second kappa shape index (κ2) is 6.17. The van der Waals surface area contributed by atoms with Crippen molar-refractivity contribution in [2.75, 3.05) is 24.8 Å². The monoisotopic (exact) mass is 286 g/mol. The van der Waals surface area contributed by atoms with Crippen LogP contribution in [-0.2, 0) is 6.54 Å². The van der Waals surface area contributed by atoms with Gasteiger partial charge in [0.15, 0.2) is 0 Å². The minimum atomic E-state index is -0.970. The van der Waals surface area contributed by atoms with Crippen LogP contribution in [0.15, 0.2) is 42.5 Å². The summed E-state index contributed by atoms with van der Waals surface area (Å²) >= 11 is 0. The second-order valence-electron chi connectivity index (χ2n) is 4.79. The Labute approximate surface area is 123 Å². The highest BCUT2D eigenvalue weighted by Gasteiger charge is 2.14. The third-order valence-corrected chi connectivity index (χ3v) is 3.22. The SMILES string of the molecule is COc1cccc(CN(C)c2cc(N)ccc2C(=O)O)c1. The Balaban J connectivity index is 2.29. The van der Waals surface area contributed by atoms with Gasteiger partial charge in [0.1, 0.15) is 5.75 Å². The van der Waals surface area contributed by atoms with Crippen LogP contribution in [-0.4, -0.2) is 25.2 Å². The molecule has 5 heteroatoms. The summed E-state index contributed by atoms with van der Waals surface area (Å²) in [6.45, 7) is 0.556. The Kier molecular flexibility index (Phi) is 4.33. The molecule has 21 heavy (non-hydrogen) atoms. The van der Waals surface area contributed by atoms with E-state index in [1.807, 2.05) is 36.2 Å². The first-order valence-electron chi connectivity index (χ1n) is 6.48. The Hall–Kier alpha value is -2.69. The smallest absolute Gasteiger partial charge is 0.337 e. The predicted octanol–water partition coefficient (Wildman–Crippen LogP) is 2.61. The van der Waals surface area contributed by atoms with Crippen LogP contribution >= 0.6 is 0 Å². The van der Waals surface area contributed by atoms with Gasteiger partial charge in [-0.3, -0.25) is 0 Å². The number of nitrogens with zero attached hydrogens (tertiary/aromatic N) is 1. The van der Waals surface area contributed by atoms with E-state index < -0.39 is 5.97 Å². The van der Waals surface area contributed by atoms with E-state index in [1.165, 1.54) is 6.07 Å². The normalized spacial score (nSPS) is 10.2. The molecule has 0 saturated carbocycles. The van der Waals surface area contributed by atoms with Crippen LogP contribution in [0.5, 0.6) is 5.75 Å². The largest absolute Gasteiger partial charge is 0.497 e. The van der Waals surface area contributed by atoms with Crippen molar-refractivity contribution in [3.63, 3.8) is 0 Å². The molecular formula is C16H18N2O3. The molecule has 0 saturated heterocycles. The molecule has 0 fully saturated rings. The third-order valence-electron chi connectivity index (χ3n) is 3.22. The van der Waals surface area contributed by atoms with Gasteiger partial charge in [0.25, 0.3) is 0 Å². The van der Waals surface area contributed by atoms with E-state index in [0.29, 0.717) is 17.9 Å². The molecule has 2 rings (SSSR count). The molecule has 0 unspecified atom stereocenters. The van der Waals surface area contributed by atoms with Gasteiger partial charge in [0, 0.05) is 19.3 Å². The maximum absolute atomic E-state index is 11.3. The van der Waals surface area contributed by atoms with E-state index in [9.17, 15) is 9.90 Å². The van der Waals surface area contributed by atoms with Gasteiger partial charge in [0.05, 0.1) is 18.4 Å². The maximum atomic E-state index is 11.3. The number of carboxylic acid groups (broad SMARTS) is 1. The number of carboxylic acids is 1. The molecule has 2 aromatic carbocycles. The van der Waals surface area contributed by atoms with Crippen LogP contribution in [0.2, 0.25) is 0 Å². The van der Waals surface area contributed by atoms with Crippen molar-refractivity contribution in [3.05, 3.63) is 53.6 Å². The van der Waals surface area contributed by atoms with Crippen LogP contribution in [0.1, 0.15) is 15.9 Å². The molecule has 0 bridgehead atoms. The number of nitrogens with two attached hydrogens (primary N) is 1. The number of aromatic carboxylic acids is 1. The van der Waals surface area contributed by atoms with Gasteiger partial charge in [-0.25, -0.2) is 4.79 Å². The van der Waals surface area contributed by atoms with Crippen LogP contribution < -0.4 is 15.4 Å². The topological polar surface area (TPSA) is 75.8 Å². The summed E-state index contributed by atoms with van der Waals surface area (Å²) < 4.78 is 5.19. The van der Waals surface area contributed by atoms with E-state index in [2.05, 4.69) is 0 Å². The fourth-order valence-electron chi connectivity index (χ4n) is 2.18. The summed E-state index contributed by atoms with van der Waals surface area (Å²) in [7, 11) is 3.45. The molecular weight excluding hydrogens is 268 g/mol. The number of anilines is 2. The van der Waals surface area contributed by atoms with Gasteiger partial charge in [0.2, 0.25) is 0 Å². The van der Waals surface area contributed by atoms with E-state index in [0.717, 1.165) is 11.3 Å². The number of methoxy groups -OCH3 is 1. The maximum Gasteiger partial charge on any atom is 0.337 e. The summed E-state index contributed by atoms with van der Waals surface area (Å²) in [6.07, 6.45) is 0. The van der Waals surface area contributed by atoms with E-state index >= 15 is 0 Å². The molecule has 0 amide bonds. The lowest BCUT2D eigenvalue weighted by atomic mass is 10.1. The van der Waals surface area contributed by atoms with Crippen molar-refractivity contribution >= 4 is 17.3 Å². The minimum Gasteiger partial charge on any atom is -0.497 e. The molecule has 2 aromatic rings. The first-order chi connectivity index (χ1) is 10.0. The lowest BCUT2D eigenvalue weighted by molar-refractivity contribution is 0.0697. The predicted molar refractivity (Wildman–Crippen MR) is 82.9 cm³/mol. The van der Waals surface area contributed by atoms with Crippen molar-refractivity contribution in [3.8, 4) is 5.75 Å². The quantitative estimate of drug-likeness (QED) is 0.826. The van der Waals surface area contributed by atoms with E-state index in [1.54, 1.807) is 19.2 Å². The molecule has 0 aliphatic carbocycles. The fourth-order valence-corrected chi connectivity index (χ4v) is 2.18. The first-order valence-corrected chi connectivity index (χ1v) is 6.48. The zero-order valence-corrected chi connectivity index (χ0v) is 12.0. The van der Waals surface area contributed by atoms with Crippen molar-refractivity contribution in [2.24, 2.45) is 0 Å². The molecule has 0 aromatic heterocycles. The molecule has 3 N–H and O–H groups in total. The van der Waals surface area contributed by atoms with Gasteiger partial charge in [-0.2, -0.15) is 0 Å². The van der Waals surface area contributed by atoms with Crippen LogP contribution in [0, 0.1) is 0 Å². The molecule has 0 spiro atoms. The van der Waals surface area contributed by atoms with Gasteiger partial charge in [-0.05, 0) is 35.9 Å². The average Bonchev–Trinajstić information content (AvgIpc) is 2.47. The van der Waals surface area contributed by atoms with E-state index in [4.69, 9.17) is 10.5 Å². The Morgan fingerprint density at radius 3 is 2.71 bits per heavy atom. The average molecular weight is 286 g/mol. The minimum absolute atomic E-state index is 0.231. The number of nitrogen functional groups attached to an aromatic ring is 1. The Morgan fingerprint density at radius 2 is 2.05 bits per heavy atom. The highest BCUT2D eigenvalue weighted by atomic mass is 16.5. The fraction of sp³-hybridized carbons (Fsp3) is 0.188. The molecule has 0 aliphatic rings. The molecule has 110 valence electrons. The number of hydrogen-bond acceptors (Lipinski definition) is 4. The number of ether oxygens (including phenoxy) is 1. The van der Waals surface area contributed by atoms with Gasteiger partial charge in [-0.15, -0.1) is 0 Å². The lowest BCUT2D eigenvalue weighted by Crippen LogP contribution is -2.19. The molecule has 0 atom stereocenters. The van der Waals surface area contributed by atoms with Gasteiger partial charge >= 0.3 is 5.97 Å². The number of carbonyl (C=O) groups is 1. The summed E-state index contributed by atoms with van der Waals surface area (Å²) in [5, 5.41) is 9.27. The summed E-state index contributed by atoms with van der Waals surface area (Å²) in [5.74, 6) is -0.200. The Bertz CT molecular complexity index is 656. The first kappa shape index (κ1) is 14.7. The zero-order chi connectivity index (χ0) is 15.4. The highest BCUT2D eigenvalue weighted by molar-refractivity contribution is 5.95. The van der Waals surface area contributed by atoms with Crippen LogP contribution in [0.25, 0.3) is 0 Å². The number of hydrogen-bond donors (Lipinski definition) is 2. The van der Waals surface area contributed by atoms with Gasteiger partial charge in [-0.1, -0.05) is 12.1 Å². The third kappa shape index (κ3) is 3.45. The van der Waals surface area contributed by atoms with Crippen molar-refractivity contribution in [2.45, 2.75) is 6.54 Å². The summed E-state index contributed by atoms with van der Waals surface area (Å²) in [5.41, 5.74) is 8.14. The standard InChI is InChI=1S/C16H18N2O3/c1-18(10-11-4-3-5-13(8-11)21-2)15-9-12(17)6-7-14(15)16(19)20/h3-9H,10,17H2,1-2H3,(H,19,20). The summed E-state index contributed by atoms with van der Waals surface area (Å²) in [4.78, 5) is 13.2. The number of benzene rings is 2. The van der Waals surface area contributed by atoms with Crippen LogP contribution in [0.4, 0.5) is 11.4 Å². The van der Waals surface area contributed by atoms with Crippen molar-refractivity contribution in [1.82, 2.24) is 0 Å². The second-order valence-corrected chi connectivity index (χ2v) is 4.79. The highest BCUT2D eigenvalue weighted by Crippen LogP contribution is 2.25. The van der Waals surface area contributed by atoms with Crippen molar-refractivity contribution in [1.29, 1.82) is 0 Å². The molecule has 0 heterocycles. The van der Waals surface area contributed by atoms with Crippen molar-refractivity contribution < 1.29 is 14.6 Å². The molecule has 0 radical (unpaired) electrons. The summed E-state index contributed by atoms with van der Waals surface area (Å²) in [6, 6.07) is 12.4. The Morgan fingerprint density at radius 1 is 1.29 bits per heavy atom. The van der Waals surface area contributed by atoms with Crippen LogP contribution in [0.3, 0.4) is 0 Å².